The van der Waals surface area contributed by atoms with Crippen molar-refractivity contribution in [2.45, 2.75) is 90.4 Å². The molecule has 0 bridgehead atoms. The van der Waals surface area contributed by atoms with Crippen molar-refractivity contribution in [3.05, 3.63) is 35.9 Å². The van der Waals surface area contributed by atoms with Crippen molar-refractivity contribution < 1.29 is 23.2 Å². The molecule has 1 amide bonds. The van der Waals surface area contributed by atoms with Gasteiger partial charge < -0.3 is 14.8 Å². The van der Waals surface area contributed by atoms with E-state index in [-0.39, 0.29) is 17.3 Å². The highest BCUT2D eigenvalue weighted by Gasteiger charge is 2.63. The molecule has 31 heavy (non-hydrogen) atoms. The van der Waals surface area contributed by atoms with Crippen LogP contribution in [0.25, 0.3) is 0 Å². The predicted molar refractivity (Wildman–Crippen MR) is 125 cm³/mol. The first-order valence-electron chi connectivity index (χ1n) is 10.8. The van der Waals surface area contributed by atoms with Gasteiger partial charge in [0, 0.05) is 0 Å². The average Bonchev–Trinajstić information content (AvgIpc) is 3.44. The Morgan fingerprint density at radius 2 is 1.68 bits per heavy atom. The van der Waals surface area contributed by atoms with Crippen molar-refractivity contribution in [3.63, 3.8) is 0 Å². The van der Waals surface area contributed by atoms with Crippen molar-refractivity contribution >= 4 is 23.2 Å². The third-order valence-corrected chi connectivity index (χ3v) is 7.48. The molecule has 6 nitrogen and oxygen atoms in total. The monoisotopic (exact) mass is 452 g/mol. The summed E-state index contributed by atoms with van der Waals surface area (Å²) in [5.41, 5.74) is -0.417. The van der Waals surface area contributed by atoms with Gasteiger partial charge in [0.15, 0.2) is 10.9 Å². The highest BCUT2D eigenvalue weighted by Crippen LogP contribution is 2.53. The zero-order valence-corrected chi connectivity index (χ0v) is 20.9. The van der Waals surface area contributed by atoms with Gasteiger partial charge in [-0.05, 0) is 66.9 Å². The number of nitrogens with one attached hydrogen (secondary N) is 1. The number of carbonyl (C=O) groups is 2. The topological polar surface area (TPSA) is 73.9 Å². The Balaban J connectivity index is 2.12. The van der Waals surface area contributed by atoms with Crippen LogP contribution in [-0.2, 0) is 36.2 Å². The molecule has 7 heteroatoms. The van der Waals surface area contributed by atoms with Crippen LogP contribution in [0, 0.1) is 5.41 Å². The number of carbonyl (C=O) groups excluding carboxylic acids is 2. The van der Waals surface area contributed by atoms with E-state index in [1.54, 1.807) is 0 Å². The Morgan fingerprint density at radius 1 is 1.10 bits per heavy atom. The lowest BCUT2D eigenvalue weighted by atomic mass is 9.93. The number of esters is 1. The van der Waals surface area contributed by atoms with Gasteiger partial charge in [0.1, 0.15) is 35.1 Å². The van der Waals surface area contributed by atoms with E-state index in [1.165, 1.54) is 0 Å². The Hall–Kier alpha value is -1.73. The molecule has 0 heterocycles. The van der Waals surface area contributed by atoms with E-state index >= 15 is 0 Å². The largest absolute Gasteiger partial charge is 0.459 e. The molecule has 1 saturated carbocycles. The van der Waals surface area contributed by atoms with Gasteiger partial charge in [-0.25, -0.2) is 4.79 Å². The van der Waals surface area contributed by atoms with E-state index in [4.69, 9.17) is 13.7 Å². The molecule has 1 aliphatic rings. The molecule has 1 aromatic rings. The number of hydrogen-bond acceptors (Lipinski definition) is 5. The van der Waals surface area contributed by atoms with Crippen LogP contribution in [0.5, 0.6) is 0 Å². The van der Waals surface area contributed by atoms with E-state index in [9.17, 15) is 9.59 Å². The van der Waals surface area contributed by atoms with Crippen LogP contribution >= 0.6 is 0 Å². The third kappa shape index (κ3) is 7.42. The SMILES string of the molecule is C[C@H](NC(=O)OCc1ccccc1)C(O[S+](C)C(C)(C)C)C1(C(=O)OC(C)(C)C)CC1. The smallest absolute Gasteiger partial charge is 0.407 e. The van der Waals surface area contributed by atoms with E-state index in [0.717, 1.165) is 5.56 Å². The van der Waals surface area contributed by atoms with Crippen molar-refractivity contribution in [2.24, 2.45) is 5.41 Å². The molecule has 1 aromatic carbocycles. The summed E-state index contributed by atoms with van der Waals surface area (Å²) >= 11 is -0.432. The number of hydrogen-bond donors (Lipinski definition) is 1. The van der Waals surface area contributed by atoms with Crippen LogP contribution in [0.3, 0.4) is 0 Å². The van der Waals surface area contributed by atoms with E-state index in [0.29, 0.717) is 12.8 Å². The van der Waals surface area contributed by atoms with Crippen LogP contribution in [-0.4, -0.2) is 40.8 Å². The quantitative estimate of drug-likeness (QED) is 0.454. The summed E-state index contributed by atoms with van der Waals surface area (Å²) in [6, 6.07) is 9.09. The van der Waals surface area contributed by atoms with E-state index in [2.05, 4.69) is 26.1 Å². The minimum Gasteiger partial charge on any atom is -0.459 e. The van der Waals surface area contributed by atoms with Crippen LogP contribution in [0.1, 0.15) is 66.9 Å². The molecule has 3 atom stereocenters. The normalized spacial score (nSPS) is 18.5. The standard InChI is InChI=1S/C24H37NO5S/c1-17(25-21(27)28-16-18-12-10-9-11-13-18)19(30-31(8)23(5,6)7)24(14-15-24)20(26)29-22(2,3)4/h9-13,17,19H,14-16H2,1-8H3/p+1/t17-,19?,31?/m0/s1. The van der Waals surface area contributed by atoms with Gasteiger partial charge in [-0.3, -0.25) is 4.79 Å². The van der Waals surface area contributed by atoms with E-state index < -0.39 is 40.4 Å². The van der Waals surface area contributed by atoms with Gasteiger partial charge in [-0.2, -0.15) is 4.18 Å². The summed E-state index contributed by atoms with van der Waals surface area (Å²) in [7, 11) is 0. The molecule has 1 fully saturated rings. The number of amides is 1. The van der Waals surface area contributed by atoms with Gasteiger partial charge in [-0.1, -0.05) is 30.3 Å². The molecule has 2 rings (SSSR count). The van der Waals surface area contributed by atoms with Gasteiger partial charge >= 0.3 is 12.1 Å². The molecular formula is C24H38NO5S+. The maximum atomic E-state index is 13.1. The third-order valence-electron chi connectivity index (χ3n) is 5.26. The first kappa shape index (κ1) is 25.5. The Bertz CT molecular complexity index is 749. The predicted octanol–water partition coefficient (Wildman–Crippen LogP) is 4.77. The molecule has 0 saturated heterocycles. The summed E-state index contributed by atoms with van der Waals surface area (Å²) in [6.07, 6.45) is 2.35. The van der Waals surface area contributed by atoms with Crippen LogP contribution in [0.4, 0.5) is 4.79 Å². The molecule has 0 radical (unpaired) electrons. The minimum absolute atomic E-state index is 0.0875. The fraction of sp³-hybridized carbons (Fsp3) is 0.667. The lowest BCUT2D eigenvalue weighted by Crippen LogP contribution is -2.52. The molecule has 1 aliphatic carbocycles. The maximum absolute atomic E-state index is 13.1. The second kappa shape index (κ2) is 9.82. The lowest BCUT2D eigenvalue weighted by Gasteiger charge is -2.32. The maximum Gasteiger partial charge on any atom is 0.407 e. The highest BCUT2D eigenvalue weighted by atomic mass is 32.2. The van der Waals surface area contributed by atoms with Gasteiger partial charge in [0.25, 0.3) is 0 Å². The molecular weight excluding hydrogens is 414 g/mol. The summed E-state index contributed by atoms with van der Waals surface area (Å²) in [4.78, 5) is 25.5. The Kier molecular flexibility index (Phi) is 8.09. The van der Waals surface area contributed by atoms with Crippen molar-refractivity contribution in [3.8, 4) is 0 Å². The zero-order chi connectivity index (χ0) is 23.4. The fourth-order valence-corrected chi connectivity index (χ4v) is 4.05. The zero-order valence-electron chi connectivity index (χ0n) is 20.1. The average molecular weight is 453 g/mol. The van der Waals surface area contributed by atoms with Crippen molar-refractivity contribution in [1.29, 1.82) is 0 Å². The van der Waals surface area contributed by atoms with Crippen LogP contribution < -0.4 is 5.32 Å². The number of rotatable bonds is 8. The summed E-state index contributed by atoms with van der Waals surface area (Å²) in [5, 5.41) is 2.88. The molecule has 0 spiro atoms. The van der Waals surface area contributed by atoms with Crippen molar-refractivity contribution in [2.75, 3.05) is 6.26 Å². The number of benzene rings is 1. The fourth-order valence-electron chi connectivity index (χ4n) is 3.10. The number of ether oxygens (including phenoxy) is 2. The second-order valence-electron chi connectivity index (χ2n) is 10.2. The lowest BCUT2D eigenvalue weighted by molar-refractivity contribution is -0.166. The molecule has 0 aliphatic heterocycles. The van der Waals surface area contributed by atoms with E-state index in [1.807, 2.05) is 64.3 Å². The molecule has 2 unspecified atom stereocenters. The van der Waals surface area contributed by atoms with Crippen molar-refractivity contribution in [1.82, 2.24) is 5.32 Å². The first-order valence-corrected chi connectivity index (χ1v) is 12.3. The summed E-state index contributed by atoms with van der Waals surface area (Å²) < 4.78 is 17.5. The molecule has 174 valence electrons. The second-order valence-corrected chi connectivity index (χ2v) is 12.6. The van der Waals surface area contributed by atoms with Crippen LogP contribution in [0.2, 0.25) is 0 Å². The molecule has 1 N–H and O–H groups in total. The Morgan fingerprint density at radius 3 is 2.16 bits per heavy atom. The van der Waals surface area contributed by atoms with Crippen LogP contribution in [0.15, 0.2) is 30.3 Å². The Labute approximate surface area is 190 Å². The summed E-state index contributed by atoms with van der Waals surface area (Å²) in [5.74, 6) is -0.262. The van der Waals surface area contributed by atoms with Gasteiger partial charge in [-0.15, -0.1) is 0 Å². The highest BCUT2D eigenvalue weighted by molar-refractivity contribution is 7.93. The molecule has 0 aromatic heterocycles. The minimum atomic E-state index is -0.744. The number of alkyl carbamates (subject to hydrolysis) is 1. The van der Waals surface area contributed by atoms with Gasteiger partial charge in [0.05, 0.1) is 6.04 Å². The van der Waals surface area contributed by atoms with Gasteiger partial charge in [0.2, 0.25) is 0 Å². The summed E-state index contributed by atoms with van der Waals surface area (Å²) in [6.45, 7) is 13.9. The first-order chi connectivity index (χ1) is 14.2.